The number of phenolic OH excluding ortho intramolecular Hbond substituents is 1. The SMILES string of the molecule is Cc1cc(C)c(O)c([N+](C)(C)C)c1. The van der Waals surface area contributed by atoms with Crippen molar-refractivity contribution in [2.24, 2.45) is 0 Å². The average Bonchev–Trinajstić information content (AvgIpc) is 1.94. The highest BCUT2D eigenvalue weighted by molar-refractivity contribution is 5.59. The van der Waals surface area contributed by atoms with Crippen LogP contribution < -0.4 is 4.48 Å². The minimum atomic E-state index is 0.415. The fourth-order valence-electron chi connectivity index (χ4n) is 1.45. The van der Waals surface area contributed by atoms with Gasteiger partial charge in [0.05, 0.1) is 21.1 Å². The van der Waals surface area contributed by atoms with Crippen molar-refractivity contribution in [3.8, 4) is 5.75 Å². The number of hydrogen-bond donors (Lipinski definition) is 1. The summed E-state index contributed by atoms with van der Waals surface area (Å²) in [4.78, 5) is 0. The number of rotatable bonds is 1. The first kappa shape index (κ1) is 10.1. The molecule has 0 fully saturated rings. The molecule has 1 N–H and O–H groups in total. The number of benzene rings is 1. The summed E-state index contributed by atoms with van der Waals surface area (Å²) in [7, 11) is 6.15. The van der Waals surface area contributed by atoms with E-state index in [4.69, 9.17) is 0 Å². The van der Waals surface area contributed by atoms with Gasteiger partial charge in [0.2, 0.25) is 0 Å². The Labute approximate surface area is 80.0 Å². The second-order valence-electron chi connectivity index (χ2n) is 4.46. The van der Waals surface area contributed by atoms with Crippen LogP contribution in [0.3, 0.4) is 0 Å². The molecule has 0 spiro atoms. The molecule has 0 heterocycles. The molecule has 0 aliphatic carbocycles. The van der Waals surface area contributed by atoms with E-state index in [0.717, 1.165) is 11.3 Å². The summed E-state index contributed by atoms with van der Waals surface area (Å²) in [5, 5.41) is 9.84. The number of aryl methyl sites for hydroxylation is 2. The first-order chi connectivity index (χ1) is 5.82. The topological polar surface area (TPSA) is 20.2 Å². The van der Waals surface area contributed by atoms with E-state index in [1.165, 1.54) is 5.56 Å². The van der Waals surface area contributed by atoms with Gasteiger partial charge in [0, 0.05) is 6.07 Å². The van der Waals surface area contributed by atoms with Crippen molar-refractivity contribution in [3.63, 3.8) is 0 Å². The molecule has 0 saturated carbocycles. The molecule has 0 atom stereocenters. The Kier molecular flexibility index (Phi) is 2.35. The number of aromatic hydroxyl groups is 1. The normalized spacial score (nSPS) is 11.8. The molecule has 0 unspecified atom stereocenters. The molecule has 0 aliphatic heterocycles. The molecule has 0 aliphatic rings. The Morgan fingerprint density at radius 2 is 1.62 bits per heavy atom. The van der Waals surface area contributed by atoms with Crippen molar-refractivity contribution >= 4 is 5.69 Å². The standard InChI is InChI=1S/C11H17NO/c1-8-6-9(2)11(13)10(7-8)12(3,4)5/h6-7H,1-5H3/p+1. The molecule has 1 aromatic rings. The van der Waals surface area contributed by atoms with Gasteiger partial charge in [0.25, 0.3) is 0 Å². The van der Waals surface area contributed by atoms with Crippen molar-refractivity contribution in [3.05, 3.63) is 23.3 Å². The van der Waals surface area contributed by atoms with Crippen LogP contribution in [-0.2, 0) is 0 Å². The third-order valence-electron chi connectivity index (χ3n) is 2.15. The van der Waals surface area contributed by atoms with Crippen LogP contribution in [0.4, 0.5) is 5.69 Å². The van der Waals surface area contributed by atoms with Crippen LogP contribution >= 0.6 is 0 Å². The molecule has 0 bridgehead atoms. The Bertz CT molecular complexity index is 324. The maximum Gasteiger partial charge on any atom is 0.180 e. The summed E-state index contributed by atoms with van der Waals surface area (Å²) in [6.45, 7) is 3.98. The summed E-state index contributed by atoms with van der Waals surface area (Å²) in [5.74, 6) is 0.415. The maximum absolute atomic E-state index is 9.84. The minimum Gasteiger partial charge on any atom is -0.503 e. The third kappa shape index (κ3) is 2.01. The lowest BCUT2D eigenvalue weighted by Gasteiger charge is -2.25. The fourth-order valence-corrected chi connectivity index (χ4v) is 1.45. The molecule has 0 radical (unpaired) electrons. The van der Waals surface area contributed by atoms with E-state index in [-0.39, 0.29) is 0 Å². The minimum absolute atomic E-state index is 0.415. The molecule has 72 valence electrons. The summed E-state index contributed by atoms with van der Waals surface area (Å²) in [6, 6.07) is 4.02. The summed E-state index contributed by atoms with van der Waals surface area (Å²) >= 11 is 0. The maximum atomic E-state index is 9.84. The van der Waals surface area contributed by atoms with Crippen molar-refractivity contribution < 1.29 is 5.11 Å². The van der Waals surface area contributed by atoms with Gasteiger partial charge in [0.1, 0.15) is 0 Å². The summed E-state index contributed by atoms with van der Waals surface area (Å²) in [5.41, 5.74) is 3.11. The Morgan fingerprint density at radius 1 is 1.08 bits per heavy atom. The average molecular weight is 180 g/mol. The van der Waals surface area contributed by atoms with Gasteiger partial charge >= 0.3 is 0 Å². The zero-order valence-electron chi connectivity index (χ0n) is 9.05. The molecule has 0 amide bonds. The van der Waals surface area contributed by atoms with Gasteiger partial charge < -0.3 is 5.11 Å². The van der Waals surface area contributed by atoms with Crippen LogP contribution in [0.15, 0.2) is 12.1 Å². The highest BCUT2D eigenvalue weighted by Gasteiger charge is 2.19. The van der Waals surface area contributed by atoms with Crippen LogP contribution in [0.5, 0.6) is 5.75 Å². The highest BCUT2D eigenvalue weighted by Crippen LogP contribution is 2.33. The van der Waals surface area contributed by atoms with E-state index in [1.54, 1.807) is 0 Å². The fraction of sp³-hybridized carbons (Fsp3) is 0.455. The molecular weight excluding hydrogens is 162 g/mol. The number of hydrogen-bond acceptors (Lipinski definition) is 1. The lowest BCUT2D eigenvalue weighted by atomic mass is 10.1. The van der Waals surface area contributed by atoms with Crippen LogP contribution in [0.2, 0.25) is 0 Å². The Hall–Kier alpha value is -1.02. The highest BCUT2D eigenvalue weighted by atomic mass is 16.3. The van der Waals surface area contributed by atoms with Crippen LogP contribution in [0.1, 0.15) is 11.1 Å². The van der Waals surface area contributed by atoms with Gasteiger partial charge in [-0.05, 0) is 25.0 Å². The predicted octanol–water partition coefficient (Wildman–Crippen LogP) is 2.21. The molecule has 1 rings (SSSR count). The van der Waals surface area contributed by atoms with Gasteiger partial charge in [-0.25, -0.2) is 0 Å². The number of nitrogens with zero attached hydrogens (tertiary/aromatic N) is 1. The van der Waals surface area contributed by atoms with E-state index in [2.05, 4.69) is 0 Å². The number of quaternary nitrogens is 1. The van der Waals surface area contributed by atoms with E-state index in [1.807, 2.05) is 47.1 Å². The molecule has 2 heteroatoms. The molecule has 13 heavy (non-hydrogen) atoms. The zero-order chi connectivity index (χ0) is 10.2. The first-order valence-electron chi connectivity index (χ1n) is 4.44. The lowest BCUT2D eigenvalue weighted by Crippen LogP contribution is -2.34. The van der Waals surface area contributed by atoms with Gasteiger partial charge in [-0.1, -0.05) is 6.07 Å². The van der Waals surface area contributed by atoms with Gasteiger partial charge in [-0.2, -0.15) is 0 Å². The zero-order valence-corrected chi connectivity index (χ0v) is 9.05. The van der Waals surface area contributed by atoms with E-state index >= 15 is 0 Å². The Balaban J connectivity index is 3.37. The van der Waals surface area contributed by atoms with Gasteiger partial charge in [-0.3, -0.25) is 4.48 Å². The van der Waals surface area contributed by atoms with Crippen LogP contribution in [0, 0.1) is 13.8 Å². The first-order valence-corrected chi connectivity index (χ1v) is 4.44. The lowest BCUT2D eigenvalue weighted by molar-refractivity contribution is 0.423. The van der Waals surface area contributed by atoms with E-state index < -0.39 is 0 Å². The van der Waals surface area contributed by atoms with E-state index in [0.29, 0.717) is 10.2 Å². The molecule has 0 aromatic heterocycles. The van der Waals surface area contributed by atoms with E-state index in [9.17, 15) is 5.11 Å². The second-order valence-corrected chi connectivity index (χ2v) is 4.46. The monoisotopic (exact) mass is 180 g/mol. The quantitative estimate of drug-likeness (QED) is 0.657. The molecular formula is C11H18NO+. The Morgan fingerprint density at radius 3 is 2.08 bits per heavy atom. The third-order valence-corrected chi connectivity index (χ3v) is 2.15. The summed E-state index contributed by atoms with van der Waals surface area (Å²) in [6.07, 6.45) is 0. The smallest absolute Gasteiger partial charge is 0.180 e. The van der Waals surface area contributed by atoms with Crippen LogP contribution in [0.25, 0.3) is 0 Å². The second kappa shape index (κ2) is 3.04. The van der Waals surface area contributed by atoms with Crippen molar-refractivity contribution in [1.82, 2.24) is 4.48 Å². The predicted molar refractivity (Wildman–Crippen MR) is 57.1 cm³/mol. The molecule has 2 nitrogen and oxygen atoms in total. The largest absolute Gasteiger partial charge is 0.503 e. The van der Waals surface area contributed by atoms with Gasteiger partial charge in [0.15, 0.2) is 11.4 Å². The van der Waals surface area contributed by atoms with Crippen molar-refractivity contribution in [2.75, 3.05) is 21.1 Å². The van der Waals surface area contributed by atoms with Crippen molar-refractivity contribution in [1.29, 1.82) is 0 Å². The van der Waals surface area contributed by atoms with Crippen LogP contribution in [-0.4, -0.2) is 26.2 Å². The number of phenols is 1. The summed E-state index contributed by atoms with van der Waals surface area (Å²) < 4.78 is 0.647. The van der Waals surface area contributed by atoms with Crippen molar-refractivity contribution in [2.45, 2.75) is 13.8 Å². The molecule has 1 aromatic carbocycles. The molecule has 0 saturated heterocycles. The van der Waals surface area contributed by atoms with Gasteiger partial charge in [-0.15, -0.1) is 0 Å².